The second-order valence-corrected chi connectivity index (χ2v) is 8.08. The third-order valence-electron chi connectivity index (χ3n) is 5.00. The van der Waals surface area contributed by atoms with Crippen LogP contribution in [-0.4, -0.2) is 56.4 Å². The molecule has 31 heavy (non-hydrogen) atoms. The Kier molecular flexibility index (Phi) is 7.11. The molecule has 1 amide bonds. The smallest absolute Gasteiger partial charge is 0.339 e. The fourth-order valence-corrected chi connectivity index (χ4v) is 4.00. The maximum atomic E-state index is 12.9. The Morgan fingerprint density at radius 2 is 2.06 bits per heavy atom. The number of aromatic amines is 1. The van der Waals surface area contributed by atoms with E-state index in [-0.39, 0.29) is 29.7 Å². The van der Waals surface area contributed by atoms with Crippen LogP contribution in [0.4, 0.5) is 0 Å². The van der Waals surface area contributed by atoms with Crippen LogP contribution in [0.3, 0.4) is 0 Å². The van der Waals surface area contributed by atoms with Crippen LogP contribution < -0.4 is 5.32 Å². The number of amides is 1. The summed E-state index contributed by atoms with van der Waals surface area (Å²) in [6.07, 6.45) is 4.40. The number of methoxy groups -OCH3 is 1. The van der Waals surface area contributed by atoms with Gasteiger partial charge in [0.15, 0.2) is 17.3 Å². The lowest BCUT2D eigenvalue weighted by Gasteiger charge is -2.17. The summed E-state index contributed by atoms with van der Waals surface area (Å²) in [6.45, 7) is 3.06. The SMILES string of the molecule is COC(=O)c1c(CC(=O)NC(CCSC)c2nnc3ccccn23)[nH]c(C(C)=O)c1C. The Morgan fingerprint density at radius 3 is 2.74 bits per heavy atom. The summed E-state index contributed by atoms with van der Waals surface area (Å²) in [5, 5.41) is 11.4. The van der Waals surface area contributed by atoms with Crippen molar-refractivity contribution in [3.05, 3.63) is 52.7 Å². The summed E-state index contributed by atoms with van der Waals surface area (Å²) < 4.78 is 6.69. The fraction of sp³-hybridized carbons (Fsp3) is 0.381. The van der Waals surface area contributed by atoms with Crippen molar-refractivity contribution < 1.29 is 19.1 Å². The Balaban J connectivity index is 1.87. The van der Waals surface area contributed by atoms with Crippen LogP contribution in [0.2, 0.25) is 0 Å². The first-order chi connectivity index (χ1) is 14.9. The number of hydrogen-bond acceptors (Lipinski definition) is 7. The van der Waals surface area contributed by atoms with Gasteiger partial charge >= 0.3 is 5.97 Å². The molecule has 0 aliphatic carbocycles. The van der Waals surface area contributed by atoms with Crippen LogP contribution in [-0.2, 0) is 16.0 Å². The quantitative estimate of drug-likeness (QED) is 0.385. The van der Waals surface area contributed by atoms with Gasteiger partial charge in [0.05, 0.1) is 30.8 Å². The van der Waals surface area contributed by atoms with Gasteiger partial charge in [-0.3, -0.25) is 14.0 Å². The summed E-state index contributed by atoms with van der Waals surface area (Å²) in [5.74, 6) is 0.336. The fourth-order valence-electron chi connectivity index (χ4n) is 3.53. The lowest BCUT2D eigenvalue weighted by Crippen LogP contribution is -2.32. The molecule has 0 radical (unpaired) electrons. The Bertz CT molecular complexity index is 1120. The highest BCUT2D eigenvalue weighted by molar-refractivity contribution is 7.98. The number of H-pyrrole nitrogens is 1. The molecule has 0 saturated heterocycles. The van der Waals surface area contributed by atoms with Crippen molar-refractivity contribution in [2.24, 2.45) is 0 Å². The monoisotopic (exact) mass is 443 g/mol. The molecule has 0 fully saturated rings. The second-order valence-electron chi connectivity index (χ2n) is 7.09. The molecule has 3 rings (SSSR count). The molecule has 9 nitrogen and oxygen atoms in total. The molecule has 1 atom stereocenters. The van der Waals surface area contributed by atoms with Crippen molar-refractivity contribution in [2.75, 3.05) is 19.1 Å². The first kappa shape index (κ1) is 22.5. The molecule has 0 aliphatic rings. The summed E-state index contributed by atoms with van der Waals surface area (Å²) in [7, 11) is 1.26. The van der Waals surface area contributed by atoms with E-state index >= 15 is 0 Å². The molecular formula is C21H25N5O4S. The number of fused-ring (bicyclic) bond motifs is 1. The zero-order valence-electron chi connectivity index (χ0n) is 17.9. The van der Waals surface area contributed by atoms with Crippen LogP contribution in [0.25, 0.3) is 5.65 Å². The number of nitrogens with one attached hydrogen (secondary N) is 2. The summed E-state index contributed by atoms with van der Waals surface area (Å²) in [4.78, 5) is 40.0. The standard InChI is InChI=1S/C21H25N5O4S/c1-12-18(21(29)30-3)15(23-19(12)13(2)27)11-17(28)22-14(8-10-31-4)20-25-24-16-7-5-6-9-26(16)20/h5-7,9,14,23H,8,10-11H2,1-4H3,(H,22,28). The van der Waals surface area contributed by atoms with Crippen LogP contribution in [0.1, 0.15) is 57.3 Å². The van der Waals surface area contributed by atoms with E-state index in [0.29, 0.717) is 34.8 Å². The molecule has 10 heteroatoms. The largest absolute Gasteiger partial charge is 0.465 e. The number of ketones is 1. The zero-order valence-corrected chi connectivity index (χ0v) is 18.7. The van der Waals surface area contributed by atoms with Gasteiger partial charge in [0, 0.05) is 18.8 Å². The number of rotatable bonds is 9. The number of nitrogens with zero attached hydrogens (tertiary/aromatic N) is 3. The highest BCUT2D eigenvalue weighted by atomic mass is 32.2. The number of ether oxygens (including phenoxy) is 1. The first-order valence-corrected chi connectivity index (χ1v) is 11.1. The van der Waals surface area contributed by atoms with Crippen molar-refractivity contribution in [1.82, 2.24) is 24.9 Å². The molecular weight excluding hydrogens is 418 g/mol. The lowest BCUT2D eigenvalue weighted by molar-refractivity contribution is -0.121. The van der Waals surface area contributed by atoms with Crippen LogP contribution in [0.5, 0.6) is 0 Å². The molecule has 0 aliphatic heterocycles. The van der Waals surface area contributed by atoms with Gasteiger partial charge in [-0.15, -0.1) is 10.2 Å². The first-order valence-electron chi connectivity index (χ1n) is 9.76. The van der Waals surface area contributed by atoms with Gasteiger partial charge in [-0.2, -0.15) is 11.8 Å². The minimum absolute atomic E-state index is 0.106. The molecule has 3 aromatic heterocycles. The maximum Gasteiger partial charge on any atom is 0.339 e. The molecule has 1 unspecified atom stereocenters. The van der Waals surface area contributed by atoms with E-state index in [9.17, 15) is 14.4 Å². The highest BCUT2D eigenvalue weighted by Gasteiger charge is 2.26. The third-order valence-corrected chi connectivity index (χ3v) is 5.65. The maximum absolute atomic E-state index is 12.9. The van der Waals surface area contributed by atoms with E-state index in [0.717, 1.165) is 5.75 Å². The number of aromatic nitrogens is 4. The Labute approximate surface area is 184 Å². The van der Waals surface area contributed by atoms with Crippen LogP contribution in [0.15, 0.2) is 24.4 Å². The zero-order chi connectivity index (χ0) is 22.5. The number of pyridine rings is 1. The number of Topliss-reactive ketones (excluding diaryl/α,β-unsaturated/α-hetero) is 1. The lowest BCUT2D eigenvalue weighted by atomic mass is 10.1. The summed E-state index contributed by atoms with van der Waals surface area (Å²) in [5.41, 5.74) is 2.04. The Hall–Kier alpha value is -3.14. The summed E-state index contributed by atoms with van der Waals surface area (Å²) >= 11 is 1.67. The van der Waals surface area contributed by atoms with Crippen LogP contribution >= 0.6 is 11.8 Å². The molecule has 0 saturated carbocycles. The second kappa shape index (κ2) is 9.78. The van der Waals surface area contributed by atoms with Gasteiger partial charge in [0.2, 0.25) is 5.91 Å². The molecule has 2 N–H and O–H groups in total. The number of carbonyl (C=O) groups excluding carboxylic acids is 3. The number of hydrogen-bond donors (Lipinski definition) is 2. The number of esters is 1. The van der Waals surface area contributed by atoms with Gasteiger partial charge in [-0.05, 0) is 43.0 Å². The normalized spacial score (nSPS) is 12.0. The molecule has 0 bridgehead atoms. The van der Waals surface area contributed by atoms with Gasteiger partial charge in [-0.1, -0.05) is 6.07 Å². The van der Waals surface area contributed by atoms with E-state index < -0.39 is 5.97 Å². The van der Waals surface area contributed by atoms with Gasteiger partial charge < -0.3 is 15.0 Å². The predicted octanol–water partition coefficient (Wildman–Crippen LogP) is 2.51. The van der Waals surface area contributed by atoms with E-state index in [4.69, 9.17) is 4.74 Å². The highest BCUT2D eigenvalue weighted by Crippen LogP contribution is 2.22. The molecule has 0 spiro atoms. The number of thioether (sulfide) groups is 1. The van der Waals surface area contributed by atoms with Crippen LogP contribution in [0, 0.1) is 6.92 Å². The van der Waals surface area contributed by atoms with E-state index in [1.807, 2.05) is 35.1 Å². The van der Waals surface area contributed by atoms with E-state index in [1.165, 1.54) is 14.0 Å². The van der Waals surface area contributed by atoms with Crippen molar-refractivity contribution in [2.45, 2.75) is 32.7 Å². The van der Waals surface area contributed by atoms with Gasteiger partial charge in [-0.25, -0.2) is 4.79 Å². The minimum Gasteiger partial charge on any atom is -0.465 e. The average Bonchev–Trinajstić information content (AvgIpc) is 3.31. The minimum atomic E-state index is -0.591. The molecule has 0 aromatic carbocycles. The predicted molar refractivity (Wildman–Crippen MR) is 117 cm³/mol. The molecule has 3 aromatic rings. The van der Waals surface area contributed by atoms with Crippen molar-refractivity contribution in [3.63, 3.8) is 0 Å². The molecule has 164 valence electrons. The number of carbonyl (C=O) groups is 3. The van der Waals surface area contributed by atoms with E-state index in [2.05, 4.69) is 20.5 Å². The van der Waals surface area contributed by atoms with Gasteiger partial charge in [0.25, 0.3) is 0 Å². The summed E-state index contributed by atoms with van der Waals surface area (Å²) in [6, 6.07) is 5.23. The van der Waals surface area contributed by atoms with Crippen molar-refractivity contribution in [1.29, 1.82) is 0 Å². The van der Waals surface area contributed by atoms with Gasteiger partial charge in [0.1, 0.15) is 0 Å². The third kappa shape index (κ3) is 4.79. The van der Waals surface area contributed by atoms with Crippen molar-refractivity contribution >= 4 is 35.1 Å². The van der Waals surface area contributed by atoms with Crippen molar-refractivity contribution in [3.8, 4) is 0 Å². The molecule has 3 heterocycles. The topological polar surface area (TPSA) is 118 Å². The average molecular weight is 444 g/mol. The Morgan fingerprint density at radius 1 is 1.29 bits per heavy atom. The van der Waals surface area contributed by atoms with E-state index in [1.54, 1.807) is 18.7 Å².